The van der Waals surface area contributed by atoms with E-state index in [4.69, 9.17) is 0 Å². The summed E-state index contributed by atoms with van der Waals surface area (Å²) in [4.78, 5) is 24.2. The molecule has 0 radical (unpaired) electrons. The van der Waals surface area contributed by atoms with E-state index in [9.17, 15) is 9.59 Å². The SMILES string of the molecule is CNc1cccc(C(=O)N(C)C(C)=O)c1C. The molecule has 86 valence electrons. The Balaban J connectivity index is 3.14. The fourth-order valence-electron chi connectivity index (χ4n) is 1.46. The maximum Gasteiger partial charge on any atom is 0.260 e. The van der Waals surface area contributed by atoms with E-state index in [2.05, 4.69) is 5.32 Å². The Labute approximate surface area is 95.3 Å². The third-order valence-electron chi connectivity index (χ3n) is 2.61. The second-order valence-electron chi connectivity index (χ2n) is 3.61. The van der Waals surface area contributed by atoms with E-state index in [0.717, 1.165) is 16.2 Å². The normalized spacial score (nSPS) is 9.75. The van der Waals surface area contributed by atoms with E-state index < -0.39 is 0 Å². The molecule has 0 spiro atoms. The third kappa shape index (κ3) is 2.21. The van der Waals surface area contributed by atoms with Crippen molar-refractivity contribution in [2.75, 3.05) is 19.4 Å². The van der Waals surface area contributed by atoms with Crippen LogP contribution in [0, 0.1) is 6.92 Å². The Morgan fingerprint density at radius 3 is 2.44 bits per heavy atom. The Hall–Kier alpha value is -1.84. The first-order valence-electron chi connectivity index (χ1n) is 5.05. The summed E-state index contributed by atoms with van der Waals surface area (Å²) in [5.41, 5.74) is 2.29. The van der Waals surface area contributed by atoms with Crippen LogP contribution in [0.25, 0.3) is 0 Å². The summed E-state index contributed by atoms with van der Waals surface area (Å²) in [7, 11) is 3.28. The van der Waals surface area contributed by atoms with Crippen LogP contribution in [0.2, 0.25) is 0 Å². The van der Waals surface area contributed by atoms with Gasteiger partial charge in [-0.25, -0.2) is 0 Å². The van der Waals surface area contributed by atoms with E-state index in [1.807, 2.05) is 13.0 Å². The first-order chi connectivity index (χ1) is 7.49. The van der Waals surface area contributed by atoms with Crippen molar-refractivity contribution in [3.63, 3.8) is 0 Å². The van der Waals surface area contributed by atoms with E-state index in [1.165, 1.54) is 14.0 Å². The molecule has 1 rings (SSSR count). The summed E-state index contributed by atoms with van der Waals surface area (Å²) < 4.78 is 0. The number of nitrogens with one attached hydrogen (secondary N) is 1. The number of benzene rings is 1. The highest BCUT2D eigenvalue weighted by Crippen LogP contribution is 2.19. The van der Waals surface area contributed by atoms with Crippen molar-refractivity contribution in [3.05, 3.63) is 29.3 Å². The standard InChI is InChI=1S/C12H16N2O2/c1-8-10(6-5-7-11(8)13-3)12(16)14(4)9(2)15/h5-7,13H,1-4H3. The number of carbonyl (C=O) groups is 2. The predicted octanol–water partition coefficient (Wildman–Crippen LogP) is 1.66. The van der Waals surface area contributed by atoms with Crippen LogP contribution in [0.5, 0.6) is 0 Å². The minimum absolute atomic E-state index is 0.265. The minimum Gasteiger partial charge on any atom is -0.388 e. The van der Waals surface area contributed by atoms with Gasteiger partial charge < -0.3 is 5.32 Å². The zero-order chi connectivity index (χ0) is 12.3. The van der Waals surface area contributed by atoms with Crippen molar-refractivity contribution in [2.45, 2.75) is 13.8 Å². The number of carbonyl (C=O) groups excluding carboxylic acids is 2. The van der Waals surface area contributed by atoms with Crippen LogP contribution in [0.1, 0.15) is 22.8 Å². The van der Waals surface area contributed by atoms with Gasteiger partial charge in [0.1, 0.15) is 0 Å². The molecule has 4 nitrogen and oxygen atoms in total. The molecule has 0 atom stereocenters. The monoisotopic (exact) mass is 220 g/mol. The molecule has 1 N–H and O–H groups in total. The highest BCUT2D eigenvalue weighted by atomic mass is 16.2. The molecule has 0 aliphatic rings. The fraction of sp³-hybridized carbons (Fsp3) is 0.333. The molecule has 2 amide bonds. The Kier molecular flexibility index (Phi) is 3.66. The van der Waals surface area contributed by atoms with Crippen molar-refractivity contribution < 1.29 is 9.59 Å². The van der Waals surface area contributed by atoms with Crippen LogP contribution in [-0.4, -0.2) is 30.8 Å². The molecular formula is C12H16N2O2. The van der Waals surface area contributed by atoms with E-state index in [0.29, 0.717) is 5.56 Å². The Bertz CT molecular complexity index is 427. The summed E-state index contributed by atoms with van der Waals surface area (Å²) >= 11 is 0. The second kappa shape index (κ2) is 4.79. The van der Waals surface area contributed by atoms with Gasteiger partial charge in [0, 0.05) is 32.3 Å². The maximum atomic E-state index is 12.0. The molecule has 0 saturated heterocycles. The van der Waals surface area contributed by atoms with Crippen molar-refractivity contribution >= 4 is 17.5 Å². The van der Waals surface area contributed by atoms with E-state index >= 15 is 0 Å². The Morgan fingerprint density at radius 2 is 1.94 bits per heavy atom. The molecular weight excluding hydrogens is 204 g/mol. The molecule has 0 heterocycles. The van der Waals surface area contributed by atoms with E-state index in [-0.39, 0.29) is 11.8 Å². The molecule has 0 aromatic heterocycles. The zero-order valence-corrected chi connectivity index (χ0v) is 10.00. The van der Waals surface area contributed by atoms with Crippen LogP contribution in [0.4, 0.5) is 5.69 Å². The summed E-state index contributed by atoms with van der Waals surface area (Å²) in [5.74, 6) is -0.540. The van der Waals surface area contributed by atoms with Crippen LogP contribution in [0.3, 0.4) is 0 Å². The lowest BCUT2D eigenvalue weighted by molar-refractivity contribution is -0.125. The molecule has 0 unspecified atom stereocenters. The van der Waals surface area contributed by atoms with Gasteiger partial charge in [0.2, 0.25) is 5.91 Å². The van der Waals surface area contributed by atoms with Crippen LogP contribution < -0.4 is 5.32 Å². The average Bonchev–Trinajstić information content (AvgIpc) is 2.27. The van der Waals surface area contributed by atoms with Gasteiger partial charge in [-0.3, -0.25) is 14.5 Å². The summed E-state index contributed by atoms with van der Waals surface area (Å²) in [6.07, 6.45) is 0. The van der Waals surface area contributed by atoms with Crippen molar-refractivity contribution in [3.8, 4) is 0 Å². The Morgan fingerprint density at radius 1 is 1.31 bits per heavy atom. The largest absolute Gasteiger partial charge is 0.388 e. The second-order valence-corrected chi connectivity index (χ2v) is 3.61. The predicted molar refractivity (Wildman–Crippen MR) is 63.5 cm³/mol. The summed E-state index contributed by atoms with van der Waals surface area (Å²) in [6, 6.07) is 5.40. The van der Waals surface area contributed by atoms with Crippen molar-refractivity contribution in [1.29, 1.82) is 0 Å². The molecule has 16 heavy (non-hydrogen) atoms. The molecule has 1 aromatic rings. The fourth-order valence-corrected chi connectivity index (χ4v) is 1.46. The molecule has 1 aromatic carbocycles. The topological polar surface area (TPSA) is 49.4 Å². The number of nitrogens with zero attached hydrogens (tertiary/aromatic N) is 1. The smallest absolute Gasteiger partial charge is 0.260 e. The van der Waals surface area contributed by atoms with Crippen molar-refractivity contribution in [1.82, 2.24) is 4.90 Å². The summed E-state index contributed by atoms with van der Waals surface area (Å²) in [6.45, 7) is 3.22. The number of rotatable bonds is 2. The zero-order valence-electron chi connectivity index (χ0n) is 10.00. The van der Waals surface area contributed by atoms with Crippen LogP contribution >= 0.6 is 0 Å². The van der Waals surface area contributed by atoms with Gasteiger partial charge in [0.15, 0.2) is 0 Å². The van der Waals surface area contributed by atoms with Gasteiger partial charge in [0.25, 0.3) is 5.91 Å². The average molecular weight is 220 g/mol. The van der Waals surface area contributed by atoms with Gasteiger partial charge in [-0.05, 0) is 24.6 Å². The minimum atomic E-state index is -0.276. The highest BCUT2D eigenvalue weighted by molar-refractivity contribution is 6.05. The molecule has 0 fully saturated rings. The first-order valence-corrected chi connectivity index (χ1v) is 5.05. The van der Waals surface area contributed by atoms with Crippen LogP contribution in [-0.2, 0) is 4.79 Å². The molecule has 0 aliphatic carbocycles. The molecule has 0 aliphatic heterocycles. The third-order valence-corrected chi connectivity index (χ3v) is 2.61. The number of hydrogen-bond donors (Lipinski definition) is 1. The maximum absolute atomic E-state index is 12.0. The quantitative estimate of drug-likeness (QED) is 0.824. The first kappa shape index (κ1) is 12.2. The number of amides is 2. The molecule has 4 heteroatoms. The lowest BCUT2D eigenvalue weighted by Gasteiger charge is -2.16. The van der Waals surface area contributed by atoms with Gasteiger partial charge in [-0.15, -0.1) is 0 Å². The number of hydrogen-bond acceptors (Lipinski definition) is 3. The van der Waals surface area contributed by atoms with Gasteiger partial charge in [0.05, 0.1) is 0 Å². The highest BCUT2D eigenvalue weighted by Gasteiger charge is 2.17. The van der Waals surface area contributed by atoms with Gasteiger partial charge >= 0.3 is 0 Å². The van der Waals surface area contributed by atoms with Gasteiger partial charge in [-0.2, -0.15) is 0 Å². The van der Waals surface area contributed by atoms with Crippen molar-refractivity contribution in [2.24, 2.45) is 0 Å². The number of anilines is 1. The van der Waals surface area contributed by atoms with Crippen LogP contribution in [0.15, 0.2) is 18.2 Å². The lowest BCUT2D eigenvalue weighted by Crippen LogP contribution is -2.31. The van der Waals surface area contributed by atoms with Gasteiger partial charge in [-0.1, -0.05) is 6.07 Å². The number of imide groups is 1. The lowest BCUT2D eigenvalue weighted by atomic mass is 10.1. The van der Waals surface area contributed by atoms with E-state index in [1.54, 1.807) is 19.2 Å². The molecule has 0 saturated carbocycles. The summed E-state index contributed by atoms with van der Waals surface area (Å²) in [5, 5.41) is 3.00. The molecule has 0 bridgehead atoms.